The average molecular weight is 464 g/mol. The van der Waals surface area contributed by atoms with Crippen LogP contribution in [0.3, 0.4) is 0 Å². The van der Waals surface area contributed by atoms with E-state index in [2.05, 4.69) is 64.6 Å². The fourth-order valence-corrected chi connectivity index (χ4v) is 4.81. The largest absolute Gasteiger partial charge is 0.508 e. The molecule has 3 aromatic heterocycles. The van der Waals surface area contributed by atoms with Crippen molar-refractivity contribution in [3.8, 4) is 34.2 Å². The minimum absolute atomic E-state index is 0.196. The maximum absolute atomic E-state index is 10.2. The van der Waals surface area contributed by atoms with Gasteiger partial charge in [0.1, 0.15) is 11.4 Å². The molecule has 0 aliphatic rings. The van der Waals surface area contributed by atoms with Gasteiger partial charge in [-0.2, -0.15) is 0 Å². The zero-order valence-electron chi connectivity index (χ0n) is 18.6. The number of thioether (sulfide) groups is 1. The smallest absolute Gasteiger partial charge is 0.195 e. The molecule has 0 radical (unpaired) electrons. The number of benzene rings is 3. The number of phenols is 1. The Morgan fingerprint density at radius 1 is 0.882 bits per heavy atom. The number of aromatic nitrogens is 5. The van der Waals surface area contributed by atoms with E-state index in [4.69, 9.17) is 4.98 Å². The standard InChI is InChI=1S/C27H21N5OS/c1-16-10-12-18(13-11-16)32-26(30-31-27(32)34-2)23-15-21-20-8-3-4-9-22(20)28-25(21)24(29-23)17-6-5-7-19(33)14-17/h3-15,28,33H,1-2H3. The summed E-state index contributed by atoms with van der Waals surface area (Å²) in [6.07, 6.45) is 1.99. The molecule has 7 heteroatoms. The molecule has 0 unspecified atom stereocenters. The van der Waals surface area contributed by atoms with Gasteiger partial charge in [-0.05, 0) is 49.6 Å². The first-order valence-electron chi connectivity index (χ1n) is 10.9. The number of para-hydroxylation sites is 1. The van der Waals surface area contributed by atoms with Crippen molar-refractivity contribution in [3.05, 3.63) is 84.4 Å². The molecule has 0 amide bonds. The average Bonchev–Trinajstić information content (AvgIpc) is 3.45. The number of fused-ring (bicyclic) bond motifs is 3. The second kappa shape index (κ2) is 8.04. The minimum atomic E-state index is 0.196. The van der Waals surface area contributed by atoms with Gasteiger partial charge in [-0.1, -0.05) is 59.8 Å². The van der Waals surface area contributed by atoms with Crippen molar-refractivity contribution in [1.29, 1.82) is 0 Å². The Morgan fingerprint density at radius 3 is 2.50 bits per heavy atom. The number of nitrogens with zero attached hydrogens (tertiary/aromatic N) is 4. The van der Waals surface area contributed by atoms with Gasteiger partial charge in [0, 0.05) is 27.5 Å². The van der Waals surface area contributed by atoms with E-state index in [1.54, 1.807) is 23.9 Å². The van der Waals surface area contributed by atoms with Crippen LogP contribution < -0.4 is 0 Å². The number of H-pyrrole nitrogens is 1. The summed E-state index contributed by atoms with van der Waals surface area (Å²) in [5.74, 6) is 0.864. The summed E-state index contributed by atoms with van der Waals surface area (Å²) in [5.41, 5.74) is 6.41. The maximum atomic E-state index is 10.2. The molecule has 2 N–H and O–H groups in total. The highest BCUT2D eigenvalue weighted by Gasteiger charge is 2.20. The SMILES string of the molecule is CSc1nnc(-c2cc3c([nH]c4ccccc43)c(-c3cccc(O)c3)n2)n1-c1ccc(C)cc1. The molecule has 0 aliphatic carbocycles. The molecule has 0 bridgehead atoms. The van der Waals surface area contributed by atoms with Crippen molar-refractivity contribution in [2.45, 2.75) is 12.1 Å². The van der Waals surface area contributed by atoms with Crippen molar-refractivity contribution in [2.75, 3.05) is 6.26 Å². The number of aromatic amines is 1. The van der Waals surface area contributed by atoms with Gasteiger partial charge in [-0.25, -0.2) is 4.98 Å². The van der Waals surface area contributed by atoms with Gasteiger partial charge in [-0.15, -0.1) is 10.2 Å². The molecular weight excluding hydrogens is 442 g/mol. The Kier molecular flexibility index (Phi) is 4.85. The van der Waals surface area contributed by atoms with Gasteiger partial charge in [0.15, 0.2) is 11.0 Å². The molecule has 0 aliphatic heterocycles. The maximum Gasteiger partial charge on any atom is 0.195 e. The molecule has 6 nitrogen and oxygen atoms in total. The van der Waals surface area contributed by atoms with Gasteiger partial charge < -0.3 is 10.1 Å². The Bertz CT molecular complexity index is 1670. The van der Waals surface area contributed by atoms with E-state index in [1.807, 2.05) is 35.1 Å². The molecule has 0 saturated carbocycles. The molecular formula is C27H21N5OS. The highest BCUT2D eigenvalue weighted by atomic mass is 32.2. The number of hydrogen-bond donors (Lipinski definition) is 2. The van der Waals surface area contributed by atoms with Crippen LogP contribution in [0, 0.1) is 6.92 Å². The predicted molar refractivity (Wildman–Crippen MR) is 138 cm³/mol. The molecule has 0 spiro atoms. The summed E-state index contributed by atoms with van der Waals surface area (Å²) in [7, 11) is 0. The first-order valence-corrected chi connectivity index (χ1v) is 12.1. The first-order chi connectivity index (χ1) is 16.6. The molecule has 34 heavy (non-hydrogen) atoms. The summed E-state index contributed by atoms with van der Waals surface area (Å²) in [4.78, 5) is 8.58. The van der Waals surface area contributed by atoms with Gasteiger partial charge in [-0.3, -0.25) is 4.57 Å². The minimum Gasteiger partial charge on any atom is -0.508 e. The lowest BCUT2D eigenvalue weighted by Crippen LogP contribution is -2.01. The topological polar surface area (TPSA) is 79.6 Å². The normalized spacial score (nSPS) is 11.5. The van der Waals surface area contributed by atoms with Crippen molar-refractivity contribution in [2.24, 2.45) is 0 Å². The molecule has 166 valence electrons. The molecule has 0 atom stereocenters. The quantitative estimate of drug-likeness (QED) is 0.297. The molecule has 0 fully saturated rings. The zero-order chi connectivity index (χ0) is 23.2. The van der Waals surface area contributed by atoms with E-state index in [9.17, 15) is 5.11 Å². The van der Waals surface area contributed by atoms with Crippen LogP contribution in [0.2, 0.25) is 0 Å². The van der Waals surface area contributed by atoms with Crippen LogP contribution in [0.1, 0.15) is 5.56 Å². The number of aromatic hydroxyl groups is 1. The highest BCUT2D eigenvalue weighted by Crippen LogP contribution is 2.36. The van der Waals surface area contributed by atoms with Crippen molar-refractivity contribution < 1.29 is 5.11 Å². The Hall–Kier alpha value is -4.10. The summed E-state index contributed by atoms with van der Waals surface area (Å²) >= 11 is 1.54. The predicted octanol–water partition coefficient (Wildman–Crippen LogP) is 6.37. The molecule has 3 heterocycles. The van der Waals surface area contributed by atoms with Crippen molar-refractivity contribution >= 4 is 33.6 Å². The van der Waals surface area contributed by atoms with Crippen LogP contribution in [0.25, 0.3) is 50.3 Å². The third-order valence-corrected chi connectivity index (χ3v) is 6.58. The van der Waals surface area contributed by atoms with E-state index in [1.165, 1.54) is 5.56 Å². The van der Waals surface area contributed by atoms with Crippen LogP contribution >= 0.6 is 11.8 Å². The van der Waals surface area contributed by atoms with Gasteiger partial charge in [0.25, 0.3) is 0 Å². The van der Waals surface area contributed by atoms with Crippen LogP contribution in [-0.4, -0.2) is 36.1 Å². The number of phenolic OH excluding ortho intramolecular Hbond substituents is 1. The van der Waals surface area contributed by atoms with E-state index in [-0.39, 0.29) is 5.75 Å². The van der Waals surface area contributed by atoms with Gasteiger partial charge in [0.05, 0.1) is 11.2 Å². The molecule has 0 saturated heterocycles. The lowest BCUT2D eigenvalue weighted by atomic mass is 10.1. The van der Waals surface area contributed by atoms with E-state index < -0.39 is 0 Å². The lowest BCUT2D eigenvalue weighted by molar-refractivity contribution is 0.475. The Morgan fingerprint density at radius 2 is 1.71 bits per heavy atom. The summed E-state index contributed by atoms with van der Waals surface area (Å²) in [6.45, 7) is 2.07. The van der Waals surface area contributed by atoms with Gasteiger partial charge >= 0.3 is 0 Å². The highest BCUT2D eigenvalue weighted by molar-refractivity contribution is 7.98. The molecule has 6 rings (SSSR count). The van der Waals surface area contributed by atoms with Crippen LogP contribution in [0.5, 0.6) is 5.75 Å². The number of nitrogens with one attached hydrogen (secondary N) is 1. The summed E-state index contributed by atoms with van der Waals surface area (Å²) in [6, 6.07) is 25.7. The van der Waals surface area contributed by atoms with Crippen LogP contribution in [0.15, 0.2) is 84.0 Å². The molecule has 3 aromatic carbocycles. The molecule has 6 aromatic rings. The number of pyridine rings is 1. The van der Waals surface area contributed by atoms with E-state index in [0.29, 0.717) is 11.5 Å². The monoisotopic (exact) mass is 463 g/mol. The van der Waals surface area contributed by atoms with E-state index in [0.717, 1.165) is 43.9 Å². The van der Waals surface area contributed by atoms with E-state index >= 15 is 0 Å². The lowest BCUT2D eigenvalue weighted by Gasteiger charge is -2.11. The summed E-state index contributed by atoms with van der Waals surface area (Å²) in [5, 5.41) is 22.1. The van der Waals surface area contributed by atoms with Crippen molar-refractivity contribution in [3.63, 3.8) is 0 Å². The fourth-order valence-electron chi connectivity index (χ4n) is 4.32. The van der Waals surface area contributed by atoms with Crippen LogP contribution in [-0.2, 0) is 0 Å². The second-order valence-electron chi connectivity index (χ2n) is 8.18. The Labute approximate surface area is 200 Å². The Balaban J connectivity index is 1.67. The number of hydrogen-bond acceptors (Lipinski definition) is 5. The van der Waals surface area contributed by atoms with Crippen molar-refractivity contribution in [1.82, 2.24) is 24.7 Å². The van der Waals surface area contributed by atoms with Gasteiger partial charge in [0.2, 0.25) is 0 Å². The third-order valence-electron chi connectivity index (χ3n) is 5.95. The van der Waals surface area contributed by atoms with Crippen LogP contribution in [0.4, 0.5) is 0 Å². The second-order valence-corrected chi connectivity index (χ2v) is 8.95. The zero-order valence-corrected chi connectivity index (χ0v) is 19.5. The third kappa shape index (κ3) is 3.33. The summed E-state index contributed by atoms with van der Waals surface area (Å²) < 4.78 is 2.04. The fraction of sp³-hybridized carbons (Fsp3) is 0.0741. The number of aryl methyl sites for hydroxylation is 1. The first kappa shape index (κ1) is 20.5. The number of rotatable bonds is 4.